The van der Waals surface area contributed by atoms with Crippen molar-refractivity contribution in [2.45, 2.75) is 25.3 Å². The van der Waals surface area contributed by atoms with E-state index >= 15 is 0 Å². The van der Waals surface area contributed by atoms with Gasteiger partial charge in [0.25, 0.3) is 0 Å². The zero-order valence-electron chi connectivity index (χ0n) is 16.7. The molecule has 0 aliphatic carbocycles. The van der Waals surface area contributed by atoms with Crippen molar-refractivity contribution in [1.29, 1.82) is 0 Å². The quantitative estimate of drug-likeness (QED) is 0.865. The molecule has 0 spiro atoms. The predicted molar refractivity (Wildman–Crippen MR) is 111 cm³/mol. The van der Waals surface area contributed by atoms with Crippen LogP contribution >= 0.6 is 0 Å². The monoisotopic (exact) mass is 392 g/mol. The Labute approximate surface area is 171 Å². The number of pyridine rings is 1. The second-order valence-electron chi connectivity index (χ2n) is 7.88. The molecule has 4 rings (SSSR count). The van der Waals surface area contributed by atoms with Crippen LogP contribution in [0.2, 0.25) is 0 Å². The molecule has 152 valence electrons. The van der Waals surface area contributed by atoms with Crippen molar-refractivity contribution in [2.24, 2.45) is 5.92 Å². The van der Waals surface area contributed by atoms with Gasteiger partial charge in [0.2, 0.25) is 11.8 Å². The second-order valence-corrected chi connectivity index (χ2v) is 7.88. The number of aromatic nitrogens is 1. The summed E-state index contributed by atoms with van der Waals surface area (Å²) in [6.45, 7) is 3.48. The molecule has 2 atom stereocenters. The van der Waals surface area contributed by atoms with Crippen molar-refractivity contribution >= 4 is 11.8 Å². The molecule has 2 amide bonds. The first kappa shape index (κ1) is 19.6. The Morgan fingerprint density at radius 1 is 1.10 bits per heavy atom. The molecule has 2 unspecified atom stereocenters. The van der Waals surface area contributed by atoms with Crippen LogP contribution in [0.5, 0.6) is 0 Å². The SMILES string of the molecule is O=C(Cc1ccccc1)N1CCCC(C(=O)N2CCNCC2c2cccnc2)C1. The summed E-state index contributed by atoms with van der Waals surface area (Å²) in [4.78, 5) is 34.3. The Balaban J connectivity index is 1.43. The summed E-state index contributed by atoms with van der Waals surface area (Å²) in [7, 11) is 0. The molecule has 2 aliphatic rings. The summed E-state index contributed by atoms with van der Waals surface area (Å²) < 4.78 is 0. The fraction of sp³-hybridized carbons (Fsp3) is 0.435. The maximum Gasteiger partial charge on any atom is 0.228 e. The molecular weight excluding hydrogens is 364 g/mol. The number of hydrogen-bond donors (Lipinski definition) is 1. The summed E-state index contributed by atoms with van der Waals surface area (Å²) in [5.74, 6) is 0.149. The highest BCUT2D eigenvalue weighted by Gasteiger charge is 2.35. The number of carbonyl (C=O) groups excluding carboxylic acids is 2. The third-order valence-electron chi connectivity index (χ3n) is 5.92. The highest BCUT2D eigenvalue weighted by Crippen LogP contribution is 2.27. The van der Waals surface area contributed by atoms with Crippen molar-refractivity contribution in [3.63, 3.8) is 0 Å². The predicted octanol–water partition coefficient (Wildman–Crippen LogP) is 2.04. The van der Waals surface area contributed by atoms with Crippen molar-refractivity contribution in [3.05, 3.63) is 66.0 Å². The summed E-state index contributed by atoms with van der Waals surface area (Å²) >= 11 is 0. The van der Waals surface area contributed by atoms with Gasteiger partial charge in [0.15, 0.2) is 0 Å². The van der Waals surface area contributed by atoms with E-state index in [1.807, 2.05) is 58.5 Å². The van der Waals surface area contributed by atoms with Gasteiger partial charge >= 0.3 is 0 Å². The van der Waals surface area contributed by atoms with E-state index in [1.165, 1.54) is 0 Å². The van der Waals surface area contributed by atoms with Crippen LogP contribution in [0.4, 0.5) is 0 Å². The summed E-state index contributed by atoms with van der Waals surface area (Å²) in [5.41, 5.74) is 2.07. The number of likely N-dealkylation sites (tertiary alicyclic amines) is 1. The summed E-state index contributed by atoms with van der Waals surface area (Å²) in [6, 6.07) is 13.8. The largest absolute Gasteiger partial charge is 0.342 e. The number of piperazine rings is 1. The van der Waals surface area contributed by atoms with Crippen molar-refractivity contribution < 1.29 is 9.59 Å². The highest BCUT2D eigenvalue weighted by molar-refractivity contribution is 5.82. The van der Waals surface area contributed by atoms with Crippen LogP contribution < -0.4 is 5.32 Å². The molecule has 2 fully saturated rings. The van der Waals surface area contributed by atoms with Gasteiger partial charge in [0.1, 0.15) is 0 Å². The molecule has 0 bridgehead atoms. The van der Waals surface area contributed by atoms with E-state index in [-0.39, 0.29) is 23.8 Å². The van der Waals surface area contributed by atoms with Crippen LogP contribution in [0.1, 0.15) is 30.0 Å². The molecule has 0 radical (unpaired) electrons. The van der Waals surface area contributed by atoms with Crippen LogP contribution in [-0.4, -0.2) is 59.3 Å². The van der Waals surface area contributed by atoms with Crippen LogP contribution in [0.25, 0.3) is 0 Å². The van der Waals surface area contributed by atoms with Crippen molar-refractivity contribution in [1.82, 2.24) is 20.1 Å². The van der Waals surface area contributed by atoms with Crippen LogP contribution in [-0.2, 0) is 16.0 Å². The minimum atomic E-state index is -0.124. The van der Waals surface area contributed by atoms with E-state index in [4.69, 9.17) is 0 Å². The van der Waals surface area contributed by atoms with E-state index in [0.717, 1.165) is 43.6 Å². The lowest BCUT2D eigenvalue weighted by Gasteiger charge is -2.40. The normalized spacial score (nSPS) is 22.3. The fourth-order valence-corrected chi connectivity index (χ4v) is 4.36. The first-order valence-corrected chi connectivity index (χ1v) is 10.4. The van der Waals surface area contributed by atoms with E-state index in [0.29, 0.717) is 19.5 Å². The minimum Gasteiger partial charge on any atom is -0.342 e. The van der Waals surface area contributed by atoms with Gasteiger partial charge < -0.3 is 15.1 Å². The summed E-state index contributed by atoms with van der Waals surface area (Å²) in [5, 5.41) is 3.39. The van der Waals surface area contributed by atoms with Crippen LogP contribution in [0, 0.1) is 5.92 Å². The topological polar surface area (TPSA) is 65.5 Å². The zero-order valence-corrected chi connectivity index (χ0v) is 16.7. The summed E-state index contributed by atoms with van der Waals surface area (Å²) in [6.07, 6.45) is 5.71. The van der Waals surface area contributed by atoms with Gasteiger partial charge in [0, 0.05) is 45.1 Å². The number of carbonyl (C=O) groups is 2. The Bertz CT molecular complexity index is 827. The van der Waals surface area contributed by atoms with E-state index in [9.17, 15) is 9.59 Å². The molecule has 2 saturated heterocycles. The fourth-order valence-electron chi connectivity index (χ4n) is 4.36. The van der Waals surface area contributed by atoms with Crippen molar-refractivity contribution in [2.75, 3.05) is 32.7 Å². The minimum absolute atomic E-state index is 0.000321. The number of nitrogens with one attached hydrogen (secondary N) is 1. The van der Waals surface area contributed by atoms with E-state index in [2.05, 4.69) is 10.3 Å². The average molecular weight is 393 g/mol. The zero-order chi connectivity index (χ0) is 20.1. The standard InChI is InChI=1S/C23H28N4O2/c28-22(14-18-6-2-1-3-7-18)26-12-5-9-20(17-26)23(29)27-13-11-25-16-21(27)19-8-4-10-24-15-19/h1-4,6-8,10,15,20-21,25H,5,9,11-14,16-17H2. The van der Waals surface area contributed by atoms with Crippen LogP contribution in [0.15, 0.2) is 54.9 Å². The number of piperidine rings is 1. The molecule has 3 heterocycles. The number of nitrogens with zero attached hydrogens (tertiary/aromatic N) is 3. The lowest BCUT2D eigenvalue weighted by atomic mass is 9.94. The third kappa shape index (κ3) is 4.65. The van der Waals surface area contributed by atoms with Gasteiger partial charge in [-0.05, 0) is 30.0 Å². The number of benzene rings is 1. The Hall–Kier alpha value is -2.73. The Morgan fingerprint density at radius 3 is 2.76 bits per heavy atom. The van der Waals surface area contributed by atoms with Gasteiger partial charge in [-0.25, -0.2) is 0 Å². The highest BCUT2D eigenvalue weighted by atomic mass is 16.2. The van der Waals surface area contributed by atoms with Gasteiger partial charge in [0.05, 0.1) is 18.4 Å². The number of amides is 2. The molecular formula is C23H28N4O2. The molecule has 1 N–H and O–H groups in total. The van der Waals surface area contributed by atoms with Gasteiger partial charge in [-0.15, -0.1) is 0 Å². The first-order chi connectivity index (χ1) is 14.2. The Kier molecular flexibility index (Phi) is 6.20. The second kappa shape index (κ2) is 9.18. The maximum atomic E-state index is 13.4. The lowest BCUT2D eigenvalue weighted by molar-refractivity contribution is -0.143. The molecule has 6 nitrogen and oxygen atoms in total. The molecule has 6 heteroatoms. The van der Waals surface area contributed by atoms with Gasteiger partial charge in [-0.3, -0.25) is 14.6 Å². The maximum absolute atomic E-state index is 13.4. The molecule has 0 saturated carbocycles. The van der Waals surface area contributed by atoms with Crippen LogP contribution in [0.3, 0.4) is 0 Å². The molecule has 1 aromatic carbocycles. The van der Waals surface area contributed by atoms with Crippen molar-refractivity contribution in [3.8, 4) is 0 Å². The smallest absolute Gasteiger partial charge is 0.228 e. The number of rotatable bonds is 4. The molecule has 29 heavy (non-hydrogen) atoms. The number of hydrogen-bond acceptors (Lipinski definition) is 4. The van der Waals surface area contributed by atoms with E-state index < -0.39 is 0 Å². The average Bonchev–Trinajstić information content (AvgIpc) is 2.80. The molecule has 2 aliphatic heterocycles. The molecule has 2 aromatic rings. The molecule has 1 aromatic heterocycles. The van der Waals surface area contributed by atoms with Gasteiger partial charge in [-0.2, -0.15) is 0 Å². The lowest BCUT2D eigenvalue weighted by Crippen LogP contribution is -2.53. The van der Waals surface area contributed by atoms with Gasteiger partial charge in [-0.1, -0.05) is 36.4 Å². The first-order valence-electron chi connectivity index (χ1n) is 10.4. The van der Waals surface area contributed by atoms with E-state index in [1.54, 1.807) is 6.20 Å². The Morgan fingerprint density at radius 2 is 1.97 bits per heavy atom. The third-order valence-corrected chi connectivity index (χ3v) is 5.92.